The monoisotopic (exact) mass is 414 g/mol. The normalized spacial score (nSPS) is 23.1. The molecule has 0 heterocycles. The Morgan fingerprint density at radius 1 is 0.724 bits per heavy atom. The molecule has 2 aliphatic carbocycles. The number of ketones is 4. The summed E-state index contributed by atoms with van der Waals surface area (Å²) in [5.74, 6) is -3.10. The van der Waals surface area contributed by atoms with Crippen LogP contribution in [0, 0.1) is 22.7 Å². The van der Waals surface area contributed by atoms with Gasteiger partial charge in [0.05, 0.1) is 11.8 Å². The lowest BCUT2D eigenvalue weighted by atomic mass is 9.59. The van der Waals surface area contributed by atoms with Gasteiger partial charge in [0.15, 0.2) is 0 Å². The van der Waals surface area contributed by atoms with Gasteiger partial charge in [-0.15, -0.1) is 11.8 Å². The van der Waals surface area contributed by atoms with Crippen LogP contribution in [0.25, 0.3) is 0 Å². The Morgan fingerprint density at radius 3 is 1.38 bits per heavy atom. The molecule has 2 fully saturated rings. The average Bonchev–Trinajstić information content (AvgIpc) is 2.57. The van der Waals surface area contributed by atoms with Crippen molar-refractivity contribution in [3.05, 3.63) is 29.8 Å². The number of Topliss-reactive ketones (excluding diaryl/α,β-unsaturated/α-hetero) is 4. The zero-order chi connectivity index (χ0) is 21.6. The summed E-state index contributed by atoms with van der Waals surface area (Å²) < 4.78 is 0. The van der Waals surface area contributed by atoms with Gasteiger partial charge in [0.2, 0.25) is 0 Å². The minimum absolute atomic E-state index is 0.143. The lowest BCUT2D eigenvalue weighted by Gasteiger charge is -2.41. The summed E-state index contributed by atoms with van der Waals surface area (Å²) >= 11 is 1.59. The van der Waals surface area contributed by atoms with Crippen LogP contribution in [-0.2, 0) is 19.2 Å². The maximum absolute atomic E-state index is 13.1. The van der Waals surface area contributed by atoms with Crippen LogP contribution in [0.5, 0.6) is 0 Å². The van der Waals surface area contributed by atoms with Crippen LogP contribution in [-0.4, -0.2) is 29.4 Å². The molecule has 4 nitrogen and oxygen atoms in total. The molecule has 0 radical (unpaired) electrons. The summed E-state index contributed by atoms with van der Waals surface area (Å²) in [6.45, 7) is 7.67. The zero-order valence-corrected chi connectivity index (χ0v) is 18.7. The van der Waals surface area contributed by atoms with E-state index in [-0.39, 0.29) is 34.0 Å². The molecule has 2 aliphatic rings. The number of carbonyl (C=O) groups excluding carboxylic acids is 4. The third-order valence-corrected chi connectivity index (χ3v) is 6.96. The van der Waals surface area contributed by atoms with Crippen LogP contribution >= 0.6 is 11.8 Å². The number of thioether (sulfide) groups is 1. The van der Waals surface area contributed by atoms with Gasteiger partial charge >= 0.3 is 0 Å². The summed E-state index contributed by atoms with van der Waals surface area (Å²) in [6, 6.07) is 7.60. The van der Waals surface area contributed by atoms with Crippen molar-refractivity contribution in [2.75, 3.05) is 6.26 Å². The number of hydrogen-bond donors (Lipinski definition) is 0. The molecule has 0 bridgehead atoms. The predicted molar refractivity (Wildman–Crippen MR) is 114 cm³/mol. The second-order valence-corrected chi connectivity index (χ2v) is 11.0. The van der Waals surface area contributed by atoms with Crippen LogP contribution in [0.1, 0.15) is 64.9 Å². The van der Waals surface area contributed by atoms with E-state index < -0.39 is 17.8 Å². The fourth-order valence-corrected chi connectivity index (χ4v) is 5.42. The Labute approximate surface area is 177 Å². The number of rotatable bonds is 4. The highest BCUT2D eigenvalue weighted by Gasteiger charge is 2.52. The van der Waals surface area contributed by atoms with Crippen LogP contribution in [0.4, 0.5) is 0 Å². The highest BCUT2D eigenvalue weighted by Crippen LogP contribution is 2.47. The van der Waals surface area contributed by atoms with Gasteiger partial charge in [0.25, 0.3) is 0 Å². The molecule has 2 saturated carbocycles. The van der Waals surface area contributed by atoms with E-state index in [9.17, 15) is 19.2 Å². The van der Waals surface area contributed by atoms with Crippen molar-refractivity contribution in [3.63, 3.8) is 0 Å². The molecule has 0 spiro atoms. The van der Waals surface area contributed by atoms with Crippen molar-refractivity contribution in [2.24, 2.45) is 22.7 Å². The van der Waals surface area contributed by atoms with Gasteiger partial charge in [-0.3, -0.25) is 19.2 Å². The maximum Gasteiger partial charge on any atom is 0.144 e. The summed E-state index contributed by atoms with van der Waals surface area (Å²) in [4.78, 5) is 53.4. The van der Waals surface area contributed by atoms with Crippen LogP contribution < -0.4 is 0 Å². The van der Waals surface area contributed by atoms with Crippen molar-refractivity contribution >= 4 is 34.9 Å². The molecule has 0 N–H and O–H groups in total. The van der Waals surface area contributed by atoms with Crippen molar-refractivity contribution in [1.82, 2.24) is 0 Å². The third-order valence-electron chi connectivity index (χ3n) is 6.22. The minimum Gasteiger partial charge on any atom is -0.299 e. The van der Waals surface area contributed by atoms with Gasteiger partial charge in [-0.2, -0.15) is 0 Å². The van der Waals surface area contributed by atoms with Gasteiger partial charge in [0.1, 0.15) is 23.1 Å². The first-order valence-corrected chi connectivity index (χ1v) is 11.4. The molecule has 3 rings (SSSR count). The van der Waals surface area contributed by atoms with E-state index in [4.69, 9.17) is 0 Å². The third kappa shape index (κ3) is 4.55. The van der Waals surface area contributed by atoms with E-state index in [1.165, 1.54) is 0 Å². The minimum atomic E-state index is -0.915. The molecule has 1 aromatic carbocycles. The molecule has 156 valence electrons. The van der Waals surface area contributed by atoms with E-state index >= 15 is 0 Å². The quantitative estimate of drug-likeness (QED) is 0.530. The van der Waals surface area contributed by atoms with Crippen molar-refractivity contribution < 1.29 is 19.2 Å². The zero-order valence-electron chi connectivity index (χ0n) is 17.9. The van der Waals surface area contributed by atoms with Crippen molar-refractivity contribution in [3.8, 4) is 0 Å². The summed E-state index contributed by atoms with van der Waals surface area (Å²) in [6.07, 6.45) is 3.15. The molecule has 5 heteroatoms. The SMILES string of the molecule is CSc1ccc(C(C2C(=O)CC(C)(C)CC2=O)C2C(=O)CC(C)(C)CC2=O)cc1. The average molecular weight is 415 g/mol. The van der Waals surface area contributed by atoms with Gasteiger partial charge < -0.3 is 0 Å². The fourth-order valence-electron chi connectivity index (χ4n) is 5.02. The lowest BCUT2D eigenvalue weighted by Crippen LogP contribution is -2.48. The molecule has 0 aliphatic heterocycles. The molecule has 0 saturated heterocycles. The molecule has 0 atom stereocenters. The van der Waals surface area contributed by atoms with E-state index in [0.717, 1.165) is 10.5 Å². The Kier molecular flexibility index (Phi) is 5.92. The molecule has 0 unspecified atom stereocenters. The molecule has 1 aromatic rings. The number of carbonyl (C=O) groups is 4. The first-order valence-electron chi connectivity index (χ1n) is 10.2. The molecule has 0 aromatic heterocycles. The summed E-state index contributed by atoms with van der Waals surface area (Å²) in [7, 11) is 0. The topological polar surface area (TPSA) is 68.3 Å². The van der Waals surface area contributed by atoms with E-state index in [1.807, 2.05) is 58.2 Å². The Balaban J connectivity index is 2.07. The second kappa shape index (κ2) is 7.82. The Hall–Kier alpha value is -1.75. The highest BCUT2D eigenvalue weighted by molar-refractivity contribution is 7.98. The van der Waals surface area contributed by atoms with Gasteiger partial charge in [-0.05, 0) is 34.8 Å². The van der Waals surface area contributed by atoms with Crippen LogP contribution in [0.3, 0.4) is 0 Å². The summed E-state index contributed by atoms with van der Waals surface area (Å²) in [5.41, 5.74) is -0.0123. The first kappa shape index (κ1) is 21.9. The molecular formula is C24H30O4S. The Morgan fingerprint density at radius 2 is 1.07 bits per heavy atom. The fraction of sp³-hybridized carbons (Fsp3) is 0.583. The summed E-state index contributed by atoms with van der Waals surface area (Å²) in [5, 5.41) is 0. The maximum atomic E-state index is 13.1. The highest BCUT2D eigenvalue weighted by atomic mass is 32.2. The van der Waals surface area contributed by atoms with Crippen LogP contribution in [0.15, 0.2) is 29.2 Å². The van der Waals surface area contributed by atoms with E-state index in [1.54, 1.807) is 11.8 Å². The van der Waals surface area contributed by atoms with Crippen molar-refractivity contribution in [2.45, 2.75) is 64.2 Å². The van der Waals surface area contributed by atoms with Gasteiger partial charge in [0, 0.05) is 36.5 Å². The molecule has 29 heavy (non-hydrogen) atoms. The first-order chi connectivity index (χ1) is 13.4. The van der Waals surface area contributed by atoms with Gasteiger partial charge in [-0.1, -0.05) is 39.8 Å². The Bertz CT molecular complexity index is 762. The molecular weight excluding hydrogens is 384 g/mol. The van der Waals surface area contributed by atoms with E-state index in [0.29, 0.717) is 25.7 Å². The largest absolute Gasteiger partial charge is 0.299 e. The standard InChI is InChI=1S/C24H30O4S/c1-23(2)10-16(25)21(17(26)11-23)20(14-6-8-15(29-5)9-7-14)22-18(27)12-24(3,4)13-19(22)28/h6-9,20-22H,10-13H2,1-5H3. The van der Waals surface area contributed by atoms with Crippen molar-refractivity contribution in [1.29, 1.82) is 0 Å². The predicted octanol–water partition coefficient (Wildman–Crippen LogP) is 4.64. The molecule has 0 amide bonds. The number of benzene rings is 1. The number of hydrogen-bond acceptors (Lipinski definition) is 5. The second-order valence-electron chi connectivity index (χ2n) is 10.2. The van der Waals surface area contributed by atoms with Crippen LogP contribution in [0.2, 0.25) is 0 Å². The van der Waals surface area contributed by atoms with Gasteiger partial charge in [-0.25, -0.2) is 0 Å². The lowest BCUT2D eigenvalue weighted by molar-refractivity contribution is -0.145. The smallest absolute Gasteiger partial charge is 0.144 e. The van der Waals surface area contributed by atoms with E-state index in [2.05, 4.69) is 0 Å².